The fourth-order valence-corrected chi connectivity index (χ4v) is 3.58. The number of hydrazone groups is 1. The predicted octanol–water partition coefficient (Wildman–Crippen LogP) is 3.28. The maximum absolute atomic E-state index is 13.0. The van der Waals surface area contributed by atoms with Crippen LogP contribution in [0.4, 0.5) is 10.1 Å². The van der Waals surface area contributed by atoms with Crippen LogP contribution in [0.1, 0.15) is 31.8 Å². The zero-order chi connectivity index (χ0) is 25.9. The van der Waals surface area contributed by atoms with Gasteiger partial charge in [-0.2, -0.15) is 5.10 Å². The first-order valence-corrected chi connectivity index (χ1v) is 11.5. The Hall–Kier alpha value is -3.63. The van der Waals surface area contributed by atoms with Gasteiger partial charge in [-0.15, -0.1) is 0 Å². The summed E-state index contributed by atoms with van der Waals surface area (Å²) in [5, 5.41) is 25.3. The lowest BCUT2D eigenvalue weighted by Crippen LogP contribution is -2.29. The molecule has 4 N–H and O–H groups in total. The van der Waals surface area contributed by atoms with E-state index in [1.54, 1.807) is 24.3 Å². The topological polar surface area (TPSA) is 114 Å². The van der Waals surface area contributed by atoms with Gasteiger partial charge in [0.05, 0.1) is 30.7 Å². The molecule has 0 unspecified atom stereocenters. The molecule has 0 atom stereocenters. The van der Waals surface area contributed by atoms with Crippen molar-refractivity contribution >= 4 is 35.3 Å². The zero-order valence-electron chi connectivity index (χ0n) is 19.3. The van der Waals surface area contributed by atoms with Gasteiger partial charge in [0.2, 0.25) is 0 Å². The summed E-state index contributed by atoms with van der Waals surface area (Å²) in [5.74, 6) is -1.41. The number of rotatable bonds is 11. The van der Waals surface area contributed by atoms with Crippen molar-refractivity contribution in [3.8, 4) is 0 Å². The van der Waals surface area contributed by atoms with Crippen LogP contribution < -0.4 is 10.7 Å². The molecule has 3 rings (SSSR count). The minimum Gasteiger partial charge on any atom is -0.395 e. The summed E-state index contributed by atoms with van der Waals surface area (Å²) in [5.41, 5.74) is 4.52. The Balaban J connectivity index is 1.72. The third kappa shape index (κ3) is 7.96. The van der Waals surface area contributed by atoms with Crippen LogP contribution in [0.5, 0.6) is 0 Å². The summed E-state index contributed by atoms with van der Waals surface area (Å²) in [7, 11) is 0. The number of aliphatic hydroxyl groups excluding tert-OH is 2. The van der Waals surface area contributed by atoms with Gasteiger partial charge in [0.25, 0.3) is 11.8 Å². The first-order chi connectivity index (χ1) is 17.4. The molecule has 2 amide bonds. The van der Waals surface area contributed by atoms with Crippen LogP contribution in [-0.4, -0.2) is 59.4 Å². The Morgan fingerprint density at radius 2 is 1.69 bits per heavy atom. The SMILES string of the molecule is O=C(Nc1ccc(Cl)cc1C(=O)N/N=C/c1ccc(F)cc1)c1cccc(CN(CCO)CCO)c1. The van der Waals surface area contributed by atoms with E-state index in [1.165, 1.54) is 42.6 Å². The third-order valence-electron chi connectivity index (χ3n) is 5.15. The number of halogens is 2. The van der Waals surface area contributed by atoms with Gasteiger partial charge in [-0.25, -0.2) is 9.82 Å². The molecule has 0 bridgehead atoms. The van der Waals surface area contributed by atoms with Gasteiger partial charge >= 0.3 is 0 Å². The molecule has 0 heterocycles. The van der Waals surface area contributed by atoms with Crippen LogP contribution >= 0.6 is 11.6 Å². The highest BCUT2D eigenvalue weighted by atomic mass is 35.5. The summed E-state index contributed by atoms with van der Waals surface area (Å²) in [4.78, 5) is 27.6. The summed E-state index contributed by atoms with van der Waals surface area (Å²) in [6, 6.07) is 17.0. The fourth-order valence-electron chi connectivity index (χ4n) is 3.40. The molecule has 0 aliphatic carbocycles. The molecular weight excluding hydrogens is 487 g/mol. The highest BCUT2D eigenvalue weighted by molar-refractivity contribution is 6.31. The molecule has 0 aromatic heterocycles. The van der Waals surface area contributed by atoms with E-state index in [0.717, 1.165) is 5.56 Å². The van der Waals surface area contributed by atoms with Crippen LogP contribution in [0, 0.1) is 5.82 Å². The zero-order valence-corrected chi connectivity index (χ0v) is 20.1. The smallest absolute Gasteiger partial charge is 0.273 e. The first-order valence-electron chi connectivity index (χ1n) is 11.1. The Morgan fingerprint density at radius 3 is 2.39 bits per heavy atom. The molecule has 0 aliphatic rings. The van der Waals surface area contributed by atoms with Gasteiger partial charge < -0.3 is 15.5 Å². The number of amides is 2. The molecule has 0 aliphatic heterocycles. The number of aliphatic hydroxyl groups is 2. The van der Waals surface area contributed by atoms with E-state index < -0.39 is 11.8 Å². The minimum absolute atomic E-state index is 0.0461. The first kappa shape index (κ1) is 27.0. The van der Waals surface area contributed by atoms with E-state index in [2.05, 4.69) is 15.8 Å². The van der Waals surface area contributed by atoms with Gasteiger partial charge in [0.15, 0.2) is 0 Å². The average Bonchev–Trinajstić information content (AvgIpc) is 2.86. The van der Waals surface area contributed by atoms with E-state index in [9.17, 15) is 24.2 Å². The molecule has 0 fully saturated rings. The van der Waals surface area contributed by atoms with Crippen LogP contribution in [0.15, 0.2) is 71.8 Å². The van der Waals surface area contributed by atoms with Crippen molar-refractivity contribution in [3.05, 3.63) is 99.8 Å². The van der Waals surface area contributed by atoms with E-state index in [0.29, 0.717) is 35.8 Å². The Bertz CT molecular complexity index is 1210. The predicted molar refractivity (Wildman–Crippen MR) is 137 cm³/mol. The van der Waals surface area contributed by atoms with Gasteiger partial charge in [-0.05, 0) is 53.6 Å². The number of carbonyl (C=O) groups excluding carboxylic acids is 2. The fraction of sp³-hybridized carbons (Fsp3) is 0.192. The van der Waals surface area contributed by atoms with Crippen LogP contribution in [0.25, 0.3) is 0 Å². The summed E-state index contributed by atoms with van der Waals surface area (Å²) in [6.07, 6.45) is 1.36. The third-order valence-corrected chi connectivity index (χ3v) is 5.39. The molecule has 0 saturated heterocycles. The molecular formula is C26H26ClFN4O4. The van der Waals surface area contributed by atoms with Crippen molar-refractivity contribution < 1.29 is 24.2 Å². The van der Waals surface area contributed by atoms with Gasteiger partial charge in [-0.3, -0.25) is 14.5 Å². The molecule has 188 valence electrons. The Kier molecular flexibility index (Phi) is 10.1. The van der Waals surface area contributed by atoms with Crippen molar-refractivity contribution in [1.82, 2.24) is 10.3 Å². The summed E-state index contributed by atoms with van der Waals surface area (Å²) < 4.78 is 13.0. The highest BCUT2D eigenvalue weighted by Crippen LogP contribution is 2.22. The maximum atomic E-state index is 13.0. The minimum atomic E-state index is -0.594. The molecule has 36 heavy (non-hydrogen) atoms. The lowest BCUT2D eigenvalue weighted by Gasteiger charge is -2.20. The summed E-state index contributed by atoms with van der Waals surface area (Å²) in [6.45, 7) is 1.14. The number of carbonyl (C=O) groups is 2. The number of nitrogens with one attached hydrogen (secondary N) is 2. The Morgan fingerprint density at radius 1 is 0.972 bits per heavy atom. The van der Waals surface area contributed by atoms with Crippen molar-refractivity contribution in [2.24, 2.45) is 5.10 Å². The lowest BCUT2D eigenvalue weighted by atomic mass is 10.1. The number of benzene rings is 3. The van der Waals surface area contributed by atoms with Crippen molar-refractivity contribution in [3.63, 3.8) is 0 Å². The highest BCUT2D eigenvalue weighted by Gasteiger charge is 2.16. The molecule has 0 saturated carbocycles. The van der Waals surface area contributed by atoms with E-state index >= 15 is 0 Å². The normalized spacial score (nSPS) is 11.1. The lowest BCUT2D eigenvalue weighted by molar-refractivity contribution is 0.0956. The van der Waals surface area contributed by atoms with E-state index in [4.69, 9.17) is 11.6 Å². The summed E-state index contributed by atoms with van der Waals surface area (Å²) >= 11 is 6.07. The molecule has 3 aromatic carbocycles. The second kappa shape index (κ2) is 13.5. The quantitative estimate of drug-likeness (QED) is 0.232. The molecule has 3 aromatic rings. The van der Waals surface area contributed by atoms with Gasteiger partial charge in [-0.1, -0.05) is 35.9 Å². The molecule has 0 radical (unpaired) electrons. The number of nitrogens with zero attached hydrogens (tertiary/aromatic N) is 2. The molecule has 0 spiro atoms. The monoisotopic (exact) mass is 512 g/mol. The number of hydrogen-bond donors (Lipinski definition) is 4. The second-order valence-electron chi connectivity index (χ2n) is 7.82. The largest absolute Gasteiger partial charge is 0.395 e. The van der Waals surface area contributed by atoms with Crippen LogP contribution in [-0.2, 0) is 6.54 Å². The molecule has 8 nitrogen and oxygen atoms in total. The average molecular weight is 513 g/mol. The van der Waals surface area contributed by atoms with Crippen LogP contribution in [0.3, 0.4) is 0 Å². The van der Waals surface area contributed by atoms with Crippen LogP contribution in [0.2, 0.25) is 5.02 Å². The van der Waals surface area contributed by atoms with E-state index in [-0.39, 0.29) is 30.3 Å². The Labute approximate surface area is 213 Å². The number of hydrogen-bond acceptors (Lipinski definition) is 6. The van der Waals surface area contributed by atoms with Crippen molar-refractivity contribution in [2.75, 3.05) is 31.6 Å². The standard InChI is InChI=1S/C26H26ClFN4O4/c27-21-6-9-24(23(15-21)26(36)31-29-16-18-4-7-22(28)8-5-18)30-25(35)20-3-1-2-19(14-20)17-32(10-12-33)11-13-34/h1-9,14-16,33-34H,10-13,17H2,(H,30,35)(H,31,36)/b29-16+. The van der Waals surface area contributed by atoms with Crippen molar-refractivity contribution in [1.29, 1.82) is 0 Å². The maximum Gasteiger partial charge on any atom is 0.273 e. The van der Waals surface area contributed by atoms with Gasteiger partial charge in [0, 0.05) is 30.2 Å². The van der Waals surface area contributed by atoms with Gasteiger partial charge in [0.1, 0.15) is 5.82 Å². The van der Waals surface area contributed by atoms with E-state index in [1.807, 2.05) is 11.0 Å². The molecule has 10 heteroatoms. The van der Waals surface area contributed by atoms with Crippen molar-refractivity contribution in [2.45, 2.75) is 6.54 Å². The second-order valence-corrected chi connectivity index (χ2v) is 8.25. The number of anilines is 1.